The number of anilines is 1. The van der Waals surface area contributed by atoms with Crippen LogP contribution in [0.4, 0.5) is 5.13 Å². The first-order valence-electron chi connectivity index (χ1n) is 8.63. The van der Waals surface area contributed by atoms with Gasteiger partial charge in [0.1, 0.15) is 0 Å². The SMILES string of the molecule is Cc1ccc2nc(N(CCCN(C)C)C(=O)c3cc(Cl)cc(Cl)c3)sc2c1.Cl. The second-order valence-corrected chi connectivity index (χ2v) is 8.62. The van der Waals surface area contributed by atoms with Gasteiger partial charge in [0.05, 0.1) is 10.2 Å². The minimum Gasteiger partial charge on any atom is -0.309 e. The molecule has 0 unspecified atom stereocenters. The van der Waals surface area contributed by atoms with Crippen LogP contribution in [-0.4, -0.2) is 43.0 Å². The molecule has 0 aliphatic carbocycles. The second kappa shape index (κ2) is 9.90. The summed E-state index contributed by atoms with van der Waals surface area (Å²) in [5, 5.41) is 1.58. The van der Waals surface area contributed by atoms with Crippen molar-refractivity contribution in [3.8, 4) is 0 Å². The largest absolute Gasteiger partial charge is 0.309 e. The molecular formula is C20H22Cl3N3OS. The number of fused-ring (bicyclic) bond motifs is 1. The lowest BCUT2D eigenvalue weighted by Crippen LogP contribution is -2.33. The van der Waals surface area contributed by atoms with Crippen molar-refractivity contribution in [3.63, 3.8) is 0 Å². The van der Waals surface area contributed by atoms with Gasteiger partial charge >= 0.3 is 0 Å². The number of amides is 1. The highest BCUT2D eigenvalue weighted by molar-refractivity contribution is 7.22. The fourth-order valence-corrected chi connectivity index (χ4v) is 4.41. The molecule has 4 nitrogen and oxygen atoms in total. The number of nitrogens with zero attached hydrogens (tertiary/aromatic N) is 3. The Kier molecular flexibility index (Phi) is 8.10. The van der Waals surface area contributed by atoms with E-state index in [1.54, 1.807) is 23.1 Å². The lowest BCUT2D eigenvalue weighted by atomic mass is 10.2. The van der Waals surface area contributed by atoms with E-state index in [1.165, 1.54) is 16.9 Å². The van der Waals surface area contributed by atoms with Crippen molar-refractivity contribution in [2.45, 2.75) is 13.3 Å². The normalized spacial score (nSPS) is 10.9. The Morgan fingerprint density at radius 1 is 1.07 bits per heavy atom. The van der Waals surface area contributed by atoms with E-state index in [0.717, 1.165) is 23.2 Å². The summed E-state index contributed by atoms with van der Waals surface area (Å²) in [5.41, 5.74) is 2.53. The van der Waals surface area contributed by atoms with Crippen molar-refractivity contribution in [1.82, 2.24) is 9.88 Å². The number of carbonyl (C=O) groups is 1. The van der Waals surface area contributed by atoms with E-state index >= 15 is 0 Å². The van der Waals surface area contributed by atoms with Gasteiger partial charge in [0.25, 0.3) is 5.91 Å². The van der Waals surface area contributed by atoms with E-state index in [2.05, 4.69) is 16.0 Å². The highest BCUT2D eigenvalue weighted by atomic mass is 35.5. The summed E-state index contributed by atoms with van der Waals surface area (Å²) in [5.74, 6) is -0.145. The van der Waals surface area contributed by atoms with Crippen molar-refractivity contribution in [2.75, 3.05) is 32.1 Å². The van der Waals surface area contributed by atoms with Gasteiger partial charge in [-0.3, -0.25) is 9.69 Å². The maximum absolute atomic E-state index is 13.2. The van der Waals surface area contributed by atoms with Crippen LogP contribution in [0.3, 0.4) is 0 Å². The maximum atomic E-state index is 13.2. The second-order valence-electron chi connectivity index (χ2n) is 6.74. The number of rotatable bonds is 6. The summed E-state index contributed by atoms with van der Waals surface area (Å²) < 4.78 is 1.07. The first-order chi connectivity index (χ1) is 12.8. The summed E-state index contributed by atoms with van der Waals surface area (Å²) in [6.45, 7) is 3.50. The third kappa shape index (κ3) is 5.58. The standard InChI is InChI=1S/C20H21Cl2N3OS.ClH/c1-13-5-6-17-18(9-13)27-20(23-17)25(8-4-7-24(2)3)19(26)14-10-15(21)12-16(22)11-14;/h5-6,9-12H,4,7-8H2,1-3H3;1H. The van der Waals surface area contributed by atoms with Gasteiger partial charge < -0.3 is 4.90 Å². The first-order valence-corrected chi connectivity index (χ1v) is 10.2. The van der Waals surface area contributed by atoms with Gasteiger partial charge in [-0.15, -0.1) is 12.4 Å². The van der Waals surface area contributed by atoms with Crippen LogP contribution in [0.2, 0.25) is 10.0 Å². The third-order valence-electron chi connectivity index (χ3n) is 4.11. The molecule has 150 valence electrons. The smallest absolute Gasteiger partial charge is 0.260 e. The van der Waals surface area contributed by atoms with Gasteiger partial charge in [0.2, 0.25) is 0 Å². The number of hydrogen-bond acceptors (Lipinski definition) is 4. The molecule has 2 aromatic carbocycles. The molecule has 28 heavy (non-hydrogen) atoms. The molecule has 0 saturated heterocycles. The van der Waals surface area contributed by atoms with Gasteiger partial charge in [-0.05, 0) is 69.9 Å². The molecule has 1 aromatic heterocycles. The van der Waals surface area contributed by atoms with Gasteiger partial charge in [-0.2, -0.15) is 0 Å². The molecule has 0 aliphatic rings. The van der Waals surface area contributed by atoms with Gasteiger partial charge in [0.15, 0.2) is 5.13 Å². The molecule has 0 saturated carbocycles. The molecule has 8 heteroatoms. The summed E-state index contributed by atoms with van der Waals surface area (Å²) >= 11 is 13.7. The van der Waals surface area contributed by atoms with Crippen LogP contribution in [0.15, 0.2) is 36.4 Å². The molecule has 0 N–H and O–H groups in total. The molecule has 0 fully saturated rings. The Balaban J connectivity index is 0.00000280. The topological polar surface area (TPSA) is 36.4 Å². The van der Waals surface area contributed by atoms with Crippen LogP contribution in [0.5, 0.6) is 0 Å². The van der Waals surface area contributed by atoms with Crippen LogP contribution in [-0.2, 0) is 0 Å². The van der Waals surface area contributed by atoms with Crippen LogP contribution < -0.4 is 4.90 Å². The number of carbonyl (C=O) groups excluding carboxylic acids is 1. The molecule has 0 radical (unpaired) electrons. The van der Waals surface area contributed by atoms with Crippen LogP contribution >= 0.6 is 46.9 Å². The minimum absolute atomic E-state index is 0. The number of benzene rings is 2. The molecule has 0 atom stereocenters. The van der Waals surface area contributed by atoms with Crippen molar-refractivity contribution < 1.29 is 4.79 Å². The Hall–Kier alpha value is -1.37. The monoisotopic (exact) mass is 457 g/mol. The molecular weight excluding hydrogens is 437 g/mol. The van der Waals surface area contributed by atoms with Gasteiger partial charge in [-0.25, -0.2) is 4.98 Å². The Morgan fingerprint density at radius 3 is 2.39 bits per heavy atom. The summed E-state index contributed by atoms with van der Waals surface area (Å²) in [6, 6.07) is 11.0. The average Bonchev–Trinajstić information content (AvgIpc) is 2.99. The quantitative estimate of drug-likeness (QED) is 0.459. The molecule has 0 bridgehead atoms. The molecule has 1 heterocycles. The Bertz CT molecular complexity index is 954. The fourth-order valence-electron chi connectivity index (χ4n) is 2.80. The molecule has 3 aromatic rings. The van der Waals surface area contributed by atoms with Crippen molar-refractivity contribution in [1.29, 1.82) is 0 Å². The zero-order valence-electron chi connectivity index (χ0n) is 15.9. The molecule has 0 spiro atoms. The minimum atomic E-state index is -0.145. The Morgan fingerprint density at radius 2 is 1.75 bits per heavy atom. The number of aromatic nitrogens is 1. The van der Waals surface area contributed by atoms with E-state index < -0.39 is 0 Å². The first kappa shape index (κ1) is 22.9. The van der Waals surface area contributed by atoms with E-state index in [4.69, 9.17) is 23.2 Å². The summed E-state index contributed by atoms with van der Waals surface area (Å²) in [7, 11) is 4.03. The number of aryl methyl sites for hydroxylation is 1. The fraction of sp³-hybridized carbons (Fsp3) is 0.300. The maximum Gasteiger partial charge on any atom is 0.260 e. The predicted octanol–water partition coefficient (Wildman–Crippen LogP) is 5.93. The summed E-state index contributed by atoms with van der Waals surface area (Å²) in [4.78, 5) is 21.7. The van der Waals surface area contributed by atoms with E-state index in [-0.39, 0.29) is 18.3 Å². The van der Waals surface area contributed by atoms with Gasteiger partial charge in [-0.1, -0.05) is 40.6 Å². The third-order valence-corrected chi connectivity index (χ3v) is 5.58. The number of thiazole rings is 1. The highest BCUT2D eigenvalue weighted by Crippen LogP contribution is 2.31. The zero-order valence-corrected chi connectivity index (χ0v) is 19.1. The molecule has 1 amide bonds. The lowest BCUT2D eigenvalue weighted by molar-refractivity contribution is 0.0986. The van der Waals surface area contributed by atoms with E-state index in [1.807, 2.05) is 33.2 Å². The van der Waals surface area contributed by atoms with Gasteiger partial charge in [0, 0.05) is 22.2 Å². The predicted molar refractivity (Wildman–Crippen MR) is 123 cm³/mol. The Labute approximate surface area is 185 Å². The summed E-state index contributed by atoms with van der Waals surface area (Å²) in [6.07, 6.45) is 0.835. The lowest BCUT2D eigenvalue weighted by Gasteiger charge is -2.21. The van der Waals surface area contributed by atoms with Crippen molar-refractivity contribution in [3.05, 3.63) is 57.6 Å². The van der Waals surface area contributed by atoms with E-state index in [0.29, 0.717) is 27.3 Å². The number of halogens is 3. The van der Waals surface area contributed by atoms with E-state index in [9.17, 15) is 4.79 Å². The van der Waals surface area contributed by atoms with Crippen LogP contribution in [0.25, 0.3) is 10.2 Å². The zero-order chi connectivity index (χ0) is 19.6. The van der Waals surface area contributed by atoms with Crippen LogP contribution in [0.1, 0.15) is 22.3 Å². The average molecular weight is 459 g/mol. The number of hydrogen-bond donors (Lipinski definition) is 0. The molecule has 3 rings (SSSR count). The van der Waals surface area contributed by atoms with Crippen molar-refractivity contribution in [2.24, 2.45) is 0 Å². The van der Waals surface area contributed by atoms with Crippen LogP contribution in [0, 0.1) is 6.92 Å². The van der Waals surface area contributed by atoms with Crippen molar-refractivity contribution >= 4 is 68.2 Å². The highest BCUT2D eigenvalue weighted by Gasteiger charge is 2.22. The molecule has 0 aliphatic heterocycles.